The van der Waals surface area contributed by atoms with E-state index < -0.39 is 12.0 Å². The first kappa shape index (κ1) is 15.0. The van der Waals surface area contributed by atoms with E-state index in [4.69, 9.17) is 10.5 Å². The monoisotopic (exact) mass is 411 g/mol. The van der Waals surface area contributed by atoms with Crippen molar-refractivity contribution in [3.8, 4) is 11.6 Å². The Hall–Kier alpha value is -1.35. The third-order valence-electron chi connectivity index (χ3n) is 2.08. The molecule has 0 radical (unpaired) electrons. The van der Waals surface area contributed by atoms with Crippen LogP contribution >= 0.6 is 31.9 Å². The molecule has 2 rings (SSSR count). The lowest BCUT2D eigenvalue weighted by atomic mass is 10.3. The van der Waals surface area contributed by atoms with Crippen LogP contribution in [0.15, 0.2) is 33.2 Å². The Kier molecular flexibility index (Phi) is 4.19. The SMILES string of the molecule is Nc1cc(Oc2ccc(Br)cc2Br)nc(C(F)(F)F)n1. The molecule has 0 aliphatic carbocycles. The zero-order chi connectivity index (χ0) is 14.9. The summed E-state index contributed by atoms with van der Waals surface area (Å²) in [7, 11) is 0. The number of nitrogens with two attached hydrogens (primary N) is 1. The fraction of sp³-hybridized carbons (Fsp3) is 0.0909. The van der Waals surface area contributed by atoms with E-state index in [1.165, 1.54) is 0 Å². The smallest absolute Gasteiger partial charge is 0.438 e. The normalized spacial score (nSPS) is 11.4. The summed E-state index contributed by atoms with van der Waals surface area (Å²) in [6.07, 6.45) is -4.69. The lowest BCUT2D eigenvalue weighted by Crippen LogP contribution is -2.12. The molecule has 0 saturated heterocycles. The second-order valence-corrected chi connectivity index (χ2v) is 5.40. The number of anilines is 1. The van der Waals surface area contributed by atoms with Gasteiger partial charge in [0.2, 0.25) is 11.7 Å². The van der Waals surface area contributed by atoms with Crippen LogP contribution in [0.2, 0.25) is 0 Å². The Bertz CT molecular complexity index is 649. The maximum Gasteiger partial charge on any atom is 0.451 e. The van der Waals surface area contributed by atoms with Crippen molar-refractivity contribution in [1.29, 1.82) is 0 Å². The molecule has 2 N–H and O–H groups in total. The summed E-state index contributed by atoms with van der Waals surface area (Å²) in [5, 5.41) is 0. The molecule has 0 unspecified atom stereocenters. The highest BCUT2D eigenvalue weighted by Crippen LogP contribution is 2.33. The maximum absolute atomic E-state index is 12.6. The van der Waals surface area contributed by atoms with E-state index >= 15 is 0 Å². The molecule has 0 fully saturated rings. The van der Waals surface area contributed by atoms with E-state index in [1.54, 1.807) is 18.2 Å². The molecule has 1 aromatic carbocycles. The highest BCUT2D eigenvalue weighted by atomic mass is 79.9. The summed E-state index contributed by atoms with van der Waals surface area (Å²) < 4.78 is 44.3. The minimum absolute atomic E-state index is 0.284. The second kappa shape index (κ2) is 5.57. The van der Waals surface area contributed by atoms with Crippen LogP contribution in [0.1, 0.15) is 5.82 Å². The molecule has 4 nitrogen and oxygen atoms in total. The molecular formula is C11H6Br2F3N3O. The lowest BCUT2D eigenvalue weighted by Gasteiger charge is -2.10. The Labute approximate surface area is 128 Å². The average molecular weight is 413 g/mol. The van der Waals surface area contributed by atoms with Gasteiger partial charge in [-0.1, -0.05) is 15.9 Å². The Morgan fingerprint density at radius 2 is 1.80 bits per heavy atom. The number of halogens is 5. The van der Waals surface area contributed by atoms with Crippen molar-refractivity contribution in [3.05, 3.63) is 39.0 Å². The number of alkyl halides is 3. The molecule has 2 aromatic rings. The fourth-order valence-corrected chi connectivity index (χ4v) is 2.42. The van der Waals surface area contributed by atoms with Crippen LogP contribution in [0.3, 0.4) is 0 Å². The Morgan fingerprint density at radius 3 is 2.40 bits per heavy atom. The molecular weight excluding hydrogens is 407 g/mol. The molecule has 9 heteroatoms. The van der Waals surface area contributed by atoms with Gasteiger partial charge in [-0.2, -0.15) is 18.2 Å². The predicted molar refractivity (Wildman–Crippen MR) is 73.4 cm³/mol. The van der Waals surface area contributed by atoms with E-state index in [-0.39, 0.29) is 11.7 Å². The third kappa shape index (κ3) is 3.60. The van der Waals surface area contributed by atoms with Gasteiger partial charge in [0.05, 0.1) is 4.47 Å². The number of nitrogens with zero attached hydrogens (tertiary/aromatic N) is 2. The van der Waals surface area contributed by atoms with Crippen molar-refractivity contribution in [3.63, 3.8) is 0 Å². The van der Waals surface area contributed by atoms with E-state index in [0.717, 1.165) is 10.5 Å². The summed E-state index contributed by atoms with van der Waals surface area (Å²) in [5.74, 6) is -1.65. The van der Waals surface area contributed by atoms with E-state index in [2.05, 4.69) is 41.8 Å². The first-order valence-electron chi connectivity index (χ1n) is 5.10. The van der Waals surface area contributed by atoms with Gasteiger partial charge >= 0.3 is 6.18 Å². The Balaban J connectivity index is 2.36. The number of ether oxygens (including phenoxy) is 1. The highest BCUT2D eigenvalue weighted by molar-refractivity contribution is 9.11. The fourth-order valence-electron chi connectivity index (χ4n) is 1.29. The number of rotatable bonds is 2. The number of nitrogen functional groups attached to an aromatic ring is 1. The largest absolute Gasteiger partial charge is 0.451 e. The number of hydrogen-bond acceptors (Lipinski definition) is 4. The van der Waals surface area contributed by atoms with Crippen molar-refractivity contribution in [2.24, 2.45) is 0 Å². The van der Waals surface area contributed by atoms with E-state index in [1.807, 2.05) is 0 Å². The summed E-state index contributed by atoms with van der Waals surface area (Å²) in [6.45, 7) is 0. The van der Waals surface area contributed by atoms with Crippen LogP contribution in [0, 0.1) is 0 Å². The van der Waals surface area contributed by atoms with Gasteiger partial charge < -0.3 is 10.5 Å². The molecule has 0 aliphatic rings. The van der Waals surface area contributed by atoms with Crippen molar-refractivity contribution in [2.75, 3.05) is 5.73 Å². The van der Waals surface area contributed by atoms with Gasteiger partial charge in [0, 0.05) is 10.5 Å². The van der Waals surface area contributed by atoms with Crippen LogP contribution in [-0.4, -0.2) is 9.97 Å². The van der Waals surface area contributed by atoms with Gasteiger partial charge in [-0.05, 0) is 34.1 Å². The topological polar surface area (TPSA) is 61.0 Å². The molecule has 0 aliphatic heterocycles. The summed E-state index contributed by atoms with van der Waals surface area (Å²) in [6, 6.07) is 6.04. The number of benzene rings is 1. The Morgan fingerprint density at radius 1 is 1.10 bits per heavy atom. The standard InChI is InChI=1S/C11H6Br2F3N3O/c12-5-1-2-7(6(13)3-5)20-9-4-8(17)18-10(19-9)11(14,15)16/h1-4H,(H2,17,18,19). The number of aromatic nitrogens is 2. The molecule has 0 amide bonds. The third-order valence-corrected chi connectivity index (χ3v) is 3.20. The highest BCUT2D eigenvalue weighted by Gasteiger charge is 2.35. The molecule has 0 saturated carbocycles. The minimum Gasteiger partial charge on any atom is -0.438 e. The van der Waals surface area contributed by atoms with Crippen LogP contribution in [0.5, 0.6) is 11.6 Å². The zero-order valence-electron chi connectivity index (χ0n) is 9.58. The average Bonchev–Trinajstić information content (AvgIpc) is 2.31. The maximum atomic E-state index is 12.6. The van der Waals surface area contributed by atoms with Gasteiger partial charge in [-0.15, -0.1) is 0 Å². The van der Waals surface area contributed by atoms with Crippen molar-refractivity contribution >= 4 is 37.7 Å². The number of hydrogen-bond donors (Lipinski definition) is 1. The van der Waals surface area contributed by atoms with E-state index in [0.29, 0.717) is 10.2 Å². The van der Waals surface area contributed by atoms with Gasteiger partial charge in [0.25, 0.3) is 0 Å². The van der Waals surface area contributed by atoms with Crippen LogP contribution in [0.4, 0.5) is 19.0 Å². The molecule has 20 heavy (non-hydrogen) atoms. The molecule has 0 atom stereocenters. The second-order valence-electron chi connectivity index (χ2n) is 3.63. The van der Waals surface area contributed by atoms with Crippen LogP contribution < -0.4 is 10.5 Å². The minimum atomic E-state index is -4.69. The summed E-state index contributed by atoms with van der Waals surface area (Å²) >= 11 is 6.48. The van der Waals surface area contributed by atoms with Crippen LogP contribution in [-0.2, 0) is 6.18 Å². The quantitative estimate of drug-likeness (QED) is 0.794. The zero-order valence-corrected chi connectivity index (χ0v) is 12.8. The molecule has 1 aromatic heterocycles. The molecule has 1 heterocycles. The van der Waals surface area contributed by atoms with Crippen molar-refractivity contribution < 1.29 is 17.9 Å². The summed E-state index contributed by atoms with van der Waals surface area (Å²) in [5.41, 5.74) is 5.32. The molecule has 106 valence electrons. The van der Waals surface area contributed by atoms with Crippen molar-refractivity contribution in [2.45, 2.75) is 6.18 Å². The van der Waals surface area contributed by atoms with Crippen LogP contribution in [0.25, 0.3) is 0 Å². The predicted octanol–water partition coefficient (Wildman–Crippen LogP) is 4.39. The van der Waals surface area contributed by atoms with E-state index in [9.17, 15) is 13.2 Å². The summed E-state index contributed by atoms with van der Waals surface area (Å²) in [4.78, 5) is 6.42. The molecule has 0 bridgehead atoms. The van der Waals surface area contributed by atoms with Gasteiger partial charge in [-0.3, -0.25) is 0 Å². The van der Waals surface area contributed by atoms with Gasteiger partial charge in [-0.25, -0.2) is 4.98 Å². The first-order chi connectivity index (χ1) is 9.25. The van der Waals surface area contributed by atoms with Gasteiger partial charge in [0.15, 0.2) is 0 Å². The van der Waals surface area contributed by atoms with Crippen molar-refractivity contribution in [1.82, 2.24) is 9.97 Å². The molecule has 0 spiro atoms. The van der Waals surface area contributed by atoms with Gasteiger partial charge in [0.1, 0.15) is 11.6 Å². The lowest BCUT2D eigenvalue weighted by molar-refractivity contribution is -0.145. The first-order valence-corrected chi connectivity index (χ1v) is 6.69.